The molecule has 25 heavy (non-hydrogen) atoms. The number of aromatic nitrogens is 2. The number of phenolic OH excluding ortho intramolecular Hbond substituents is 1. The molecule has 2 rings (SSSR count). The molecule has 0 atom stereocenters. The van der Waals surface area contributed by atoms with E-state index in [0.29, 0.717) is 28.2 Å². The highest BCUT2D eigenvalue weighted by molar-refractivity contribution is 7.99. The average Bonchev–Trinajstić information content (AvgIpc) is 3.03. The van der Waals surface area contributed by atoms with E-state index in [1.54, 1.807) is 19.1 Å². The Bertz CT molecular complexity index is 827. The fraction of sp³-hybridized carbons (Fsp3) is 0.250. The number of anilines is 1. The second-order valence-electron chi connectivity index (χ2n) is 4.60. The Hall–Kier alpha value is -2.57. The van der Waals surface area contributed by atoms with Gasteiger partial charge in [-0.25, -0.2) is 0 Å². The van der Waals surface area contributed by atoms with Crippen LogP contribution in [0.4, 0.5) is 5.13 Å². The van der Waals surface area contributed by atoms with Crippen LogP contribution in [0.2, 0.25) is 0 Å². The molecule has 0 saturated heterocycles. The lowest BCUT2D eigenvalue weighted by Crippen LogP contribution is -2.13. The van der Waals surface area contributed by atoms with Crippen LogP contribution in [0.1, 0.15) is 19.4 Å². The molecule has 1 aromatic heterocycles. The molecule has 0 radical (unpaired) electrons. The van der Waals surface area contributed by atoms with E-state index in [1.165, 1.54) is 23.9 Å². The van der Waals surface area contributed by atoms with Gasteiger partial charge in [-0.1, -0.05) is 24.8 Å². The number of carbonyl (C=O) groups is 1. The minimum Gasteiger partial charge on any atom is -0.504 e. The van der Waals surface area contributed by atoms with E-state index in [4.69, 9.17) is 4.74 Å². The molecule has 130 valence electrons. The molecule has 0 saturated carbocycles. The fourth-order valence-electron chi connectivity index (χ4n) is 1.82. The van der Waals surface area contributed by atoms with E-state index in [2.05, 4.69) is 14.7 Å². The third-order valence-electron chi connectivity index (χ3n) is 2.86. The zero-order valence-corrected chi connectivity index (χ0v) is 15.3. The number of hydrogen-bond acceptors (Lipinski definition) is 8. The Kier molecular flexibility index (Phi) is 6.80. The lowest BCUT2D eigenvalue weighted by atomic mass is 10.1. The predicted octanol–water partition coefficient (Wildman–Crippen LogP) is 3.30. The number of thioether (sulfide) groups is 1. The van der Waals surface area contributed by atoms with Crippen LogP contribution in [-0.2, 0) is 4.79 Å². The summed E-state index contributed by atoms with van der Waals surface area (Å²) in [6.45, 7) is 4.17. The maximum atomic E-state index is 12.2. The molecule has 2 aromatic rings. The highest BCUT2D eigenvalue weighted by Gasteiger charge is 2.13. The van der Waals surface area contributed by atoms with Crippen LogP contribution in [-0.4, -0.2) is 32.7 Å². The van der Waals surface area contributed by atoms with E-state index >= 15 is 0 Å². The van der Waals surface area contributed by atoms with E-state index in [9.17, 15) is 15.2 Å². The van der Waals surface area contributed by atoms with Crippen LogP contribution >= 0.6 is 23.3 Å². The second kappa shape index (κ2) is 9.05. The summed E-state index contributed by atoms with van der Waals surface area (Å²) in [5, 5.41) is 22.4. The largest absolute Gasteiger partial charge is 0.504 e. The van der Waals surface area contributed by atoms with Crippen LogP contribution in [0, 0.1) is 11.3 Å². The summed E-state index contributed by atoms with van der Waals surface area (Å²) in [6, 6.07) is 6.46. The zero-order chi connectivity index (χ0) is 18.2. The van der Waals surface area contributed by atoms with Crippen molar-refractivity contribution in [2.75, 3.05) is 17.7 Å². The standard InChI is InChI=1S/C16H16N4O3S2/c1-3-23-13-8-10(5-6-12(13)21)7-11(9-17)14(22)18-15-19-16(20-25-15)24-4-2/h5-8,21H,3-4H2,1-2H3,(H,18,19,20,22)/b11-7-. The number of benzene rings is 1. The Morgan fingerprint density at radius 2 is 2.32 bits per heavy atom. The summed E-state index contributed by atoms with van der Waals surface area (Å²) in [5.74, 6) is 0.546. The van der Waals surface area contributed by atoms with Gasteiger partial charge in [0.25, 0.3) is 5.91 Å². The van der Waals surface area contributed by atoms with Gasteiger partial charge in [-0.05, 0) is 36.4 Å². The van der Waals surface area contributed by atoms with Crippen LogP contribution in [0.3, 0.4) is 0 Å². The highest BCUT2D eigenvalue weighted by Crippen LogP contribution is 2.28. The van der Waals surface area contributed by atoms with E-state index in [1.807, 2.05) is 13.0 Å². The third kappa shape index (κ3) is 5.20. The van der Waals surface area contributed by atoms with Crippen molar-refractivity contribution >= 4 is 40.4 Å². The molecule has 0 aliphatic heterocycles. The quantitative estimate of drug-likeness (QED) is 0.433. The van der Waals surface area contributed by atoms with E-state index in [0.717, 1.165) is 17.3 Å². The van der Waals surface area contributed by atoms with Crippen molar-refractivity contribution in [3.05, 3.63) is 29.3 Å². The first kappa shape index (κ1) is 18.8. The number of carbonyl (C=O) groups excluding carboxylic acids is 1. The van der Waals surface area contributed by atoms with Gasteiger partial charge >= 0.3 is 0 Å². The fourth-order valence-corrected chi connectivity index (χ4v) is 3.09. The molecule has 0 aliphatic carbocycles. The summed E-state index contributed by atoms with van der Waals surface area (Å²) in [5.41, 5.74) is 0.473. The lowest BCUT2D eigenvalue weighted by molar-refractivity contribution is -0.112. The molecule has 1 aromatic carbocycles. The number of nitrogens with one attached hydrogen (secondary N) is 1. The molecule has 0 fully saturated rings. The van der Waals surface area contributed by atoms with Crippen molar-refractivity contribution < 1.29 is 14.6 Å². The van der Waals surface area contributed by atoms with Crippen molar-refractivity contribution in [2.45, 2.75) is 19.0 Å². The lowest BCUT2D eigenvalue weighted by Gasteiger charge is -2.06. The van der Waals surface area contributed by atoms with Crippen LogP contribution < -0.4 is 10.1 Å². The number of nitriles is 1. The molecule has 2 N–H and O–H groups in total. The SMILES string of the molecule is CCOc1cc(/C=C(/C#N)C(=O)Nc2nc(SCC)ns2)ccc1O. The Labute approximate surface area is 153 Å². The number of nitrogens with zero attached hydrogens (tertiary/aromatic N) is 3. The number of rotatable bonds is 7. The van der Waals surface area contributed by atoms with Crippen molar-refractivity contribution in [3.63, 3.8) is 0 Å². The predicted molar refractivity (Wildman–Crippen MR) is 97.8 cm³/mol. The molecule has 0 bridgehead atoms. The van der Waals surface area contributed by atoms with Gasteiger partial charge < -0.3 is 9.84 Å². The first-order valence-corrected chi connectivity index (χ1v) is 9.18. The first-order valence-electron chi connectivity index (χ1n) is 7.42. The maximum absolute atomic E-state index is 12.2. The smallest absolute Gasteiger partial charge is 0.268 e. The summed E-state index contributed by atoms with van der Waals surface area (Å²) in [6.07, 6.45) is 1.42. The zero-order valence-electron chi connectivity index (χ0n) is 13.6. The second-order valence-corrected chi connectivity index (χ2v) is 6.58. The van der Waals surface area contributed by atoms with Gasteiger partial charge in [-0.3, -0.25) is 10.1 Å². The van der Waals surface area contributed by atoms with Crippen LogP contribution in [0.15, 0.2) is 28.9 Å². The highest BCUT2D eigenvalue weighted by atomic mass is 32.2. The molecular formula is C16H16N4O3S2. The van der Waals surface area contributed by atoms with Gasteiger partial charge in [0.05, 0.1) is 6.61 Å². The topological polar surface area (TPSA) is 108 Å². The Morgan fingerprint density at radius 3 is 3.00 bits per heavy atom. The van der Waals surface area contributed by atoms with Crippen molar-refractivity contribution in [1.82, 2.24) is 9.36 Å². The van der Waals surface area contributed by atoms with Gasteiger partial charge in [-0.15, -0.1) is 0 Å². The number of hydrogen-bond donors (Lipinski definition) is 2. The van der Waals surface area contributed by atoms with Gasteiger partial charge in [0, 0.05) is 11.5 Å². The summed E-state index contributed by atoms with van der Waals surface area (Å²) in [4.78, 5) is 16.4. The van der Waals surface area contributed by atoms with Gasteiger partial charge in [0.15, 0.2) is 11.5 Å². The number of phenols is 1. The van der Waals surface area contributed by atoms with Crippen molar-refractivity contribution in [2.24, 2.45) is 0 Å². The number of aromatic hydroxyl groups is 1. The molecular weight excluding hydrogens is 360 g/mol. The Morgan fingerprint density at radius 1 is 1.52 bits per heavy atom. The van der Waals surface area contributed by atoms with Crippen LogP contribution in [0.5, 0.6) is 11.5 Å². The van der Waals surface area contributed by atoms with Gasteiger partial charge in [0.2, 0.25) is 10.3 Å². The van der Waals surface area contributed by atoms with Crippen molar-refractivity contribution in [1.29, 1.82) is 5.26 Å². The molecule has 7 nitrogen and oxygen atoms in total. The third-order valence-corrected chi connectivity index (χ3v) is 4.34. The summed E-state index contributed by atoms with van der Waals surface area (Å²) >= 11 is 2.53. The molecule has 9 heteroatoms. The minimum atomic E-state index is -0.572. The maximum Gasteiger partial charge on any atom is 0.268 e. The molecule has 1 amide bonds. The number of amides is 1. The molecule has 0 aliphatic rings. The molecule has 0 spiro atoms. The number of ether oxygens (including phenoxy) is 1. The monoisotopic (exact) mass is 376 g/mol. The van der Waals surface area contributed by atoms with Gasteiger partial charge in [-0.2, -0.15) is 14.6 Å². The van der Waals surface area contributed by atoms with Crippen molar-refractivity contribution in [3.8, 4) is 17.6 Å². The first-order chi connectivity index (χ1) is 12.1. The summed E-state index contributed by atoms with van der Waals surface area (Å²) < 4.78 is 9.39. The summed E-state index contributed by atoms with van der Waals surface area (Å²) in [7, 11) is 0. The van der Waals surface area contributed by atoms with Crippen LogP contribution in [0.25, 0.3) is 6.08 Å². The average molecular weight is 376 g/mol. The van der Waals surface area contributed by atoms with E-state index in [-0.39, 0.29) is 11.3 Å². The minimum absolute atomic E-state index is 0.00299. The Balaban J connectivity index is 2.17. The van der Waals surface area contributed by atoms with Gasteiger partial charge in [0.1, 0.15) is 11.6 Å². The molecule has 1 heterocycles. The van der Waals surface area contributed by atoms with E-state index < -0.39 is 5.91 Å². The molecule has 0 unspecified atom stereocenters. The normalized spacial score (nSPS) is 11.0.